The molecule has 1 fully saturated rings. The number of allylic oxidation sites excluding steroid dienone is 2. The average Bonchev–Trinajstić information content (AvgIpc) is 2.94. The lowest BCUT2D eigenvalue weighted by Gasteiger charge is -2.21. The first kappa shape index (κ1) is 11.1. The van der Waals surface area contributed by atoms with Crippen LogP contribution in [0.1, 0.15) is 19.8 Å². The lowest BCUT2D eigenvalue weighted by molar-refractivity contribution is 0.767. The molecule has 4 heteroatoms. The van der Waals surface area contributed by atoms with Crippen LogP contribution in [0.4, 0.5) is 0 Å². The molecule has 1 N–H and O–H groups in total. The van der Waals surface area contributed by atoms with Gasteiger partial charge in [0.05, 0.1) is 6.04 Å². The van der Waals surface area contributed by atoms with Gasteiger partial charge in [-0.1, -0.05) is 41.1 Å². The van der Waals surface area contributed by atoms with E-state index in [1.807, 2.05) is 0 Å². The molecule has 86 valence electrons. The molecule has 0 aromatic carbocycles. The fourth-order valence-corrected chi connectivity index (χ4v) is 3.41. The molecule has 0 aromatic rings. The van der Waals surface area contributed by atoms with Crippen molar-refractivity contribution >= 4 is 39.9 Å². The first-order valence-corrected chi connectivity index (χ1v) is 7.60. The van der Waals surface area contributed by atoms with Gasteiger partial charge in [-0.15, -0.1) is 0 Å². The summed E-state index contributed by atoms with van der Waals surface area (Å²) in [6.45, 7) is 2.25. The number of aliphatic imine (C=N–C) groups is 1. The van der Waals surface area contributed by atoms with Gasteiger partial charge in [-0.3, -0.25) is 4.99 Å². The Morgan fingerprint density at radius 1 is 1.62 bits per heavy atom. The van der Waals surface area contributed by atoms with Crippen LogP contribution in [0.15, 0.2) is 27.5 Å². The highest BCUT2D eigenvalue weighted by atomic mass is 127. The highest BCUT2D eigenvalue weighted by molar-refractivity contribution is 14.1. The van der Waals surface area contributed by atoms with Crippen LogP contribution in [0, 0.1) is 11.8 Å². The van der Waals surface area contributed by atoms with Crippen molar-refractivity contribution in [2.24, 2.45) is 16.8 Å². The zero-order valence-corrected chi connectivity index (χ0v) is 12.0. The number of rotatable bonds is 1. The molecule has 3 aliphatic rings. The first-order chi connectivity index (χ1) is 7.70. The van der Waals surface area contributed by atoms with E-state index in [1.165, 1.54) is 23.4 Å². The largest absolute Gasteiger partial charge is 0.349 e. The number of halogens is 2. The van der Waals surface area contributed by atoms with Crippen molar-refractivity contribution in [2.45, 2.75) is 25.8 Å². The zero-order valence-electron chi connectivity index (χ0n) is 9.13. The van der Waals surface area contributed by atoms with E-state index in [4.69, 9.17) is 16.6 Å². The lowest BCUT2D eigenvalue weighted by atomic mass is 9.91. The molecular formula is C12H14ClIN2. The minimum Gasteiger partial charge on any atom is -0.349 e. The predicted molar refractivity (Wildman–Crippen MR) is 76.1 cm³/mol. The third-order valence-electron chi connectivity index (χ3n) is 3.55. The maximum absolute atomic E-state index is 6.16. The van der Waals surface area contributed by atoms with Gasteiger partial charge in [0, 0.05) is 27.7 Å². The van der Waals surface area contributed by atoms with Crippen molar-refractivity contribution in [3.05, 3.63) is 22.5 Å². The standard InChI is InChI=1S/C12H14ClIN2/c1-6-2-3-10(13)15-9(5-14)11-7-4-8(7)16-12(6)11/h3,6-8,15H,2,4-5H2,1H3/b10-3+,11-9?. The SMILES string of the molecule is CC1C/C=C(\Cl)NC(CI)=C2C1=NC1CC21. The van der Waals surface area contributed by atoms with Crippen molar-refractivity contribution in [2.75, 3.05) is 4.43 Å². The Morgan fingerprint density at radius 2 is 2.44 bits per heavy atom. The van der Waals surface area contributed by atoms with Gasteiger partial charge < -0.3 is 5.32 Å². The number of alkyl halides is 1. The molecule has 0 aromatic heterocycles. The summed E-state index contributed by atoms with van der Waals surface area (Å²) in [4.78, 5) is 4.83. The predicted octanol–water partition coefficient (Wildman–Crippen LogP) is 3.23. The van der Waals surface area contributed by atoms with Gasteiger partial charge in [-0.25, -0.2) is 0 Å². The van der Waals surface area contributed by atoms with Crippen molar-refractivity contribution in [3.8, 4) is 0 Å². The fourth-order valence-electron chi connectivity index (χ4n) is 2.60. The molecule has 2 aliphatic heterocycles. The van der Waals surface area contributed by atoms with Crippen LogP contribution in [-0.2, 0) is 0 Å². The Hall–Kier alpha value is -0.0300. The van der Waals surface area contributed by atoms with Crippen molar-refractivity contribution < 1.29 is 0 Å². The highest BCUT2D eigenvalue weighted by Gasteiger charge is 2.49. The van der Waals surface area contributed by atoms with Crippen molar-refractivity contribution in [3.63, 3.8) is 0 Å². The summed E-state index contributed by atoms with van der Waals surface area (Å²) in [5, 5.41) is 4.11. The summed E-state index contributed by atoms with van der Waals surface area (Å²) in [6, 6.07) is 0.587. The molecule has 2 nitrogen and oxygen atoms in total. The molecule has 0 amide bonds. The van der Waals surface area contributed by atoms with Crippen LogP contribution in [0.5, 0.6) is 0 Å². The number of fused-ring (bicyclic) bond motifs is 3. The van der Waals surface area contributed by atoms with Gasteiger partial charge >= 0.3 is 0 Å². The normalized spacial score (nSPS) is 39.8. The smallest absolute Gasteiger partial charge is 0.102 e. The molecule has 3 rings (SSSR count). The zero-order chi connectivity index (χ0) is 11.3. The topological polar surface area (TPSA) is 24.4 Å². The second-order valence-electron chi connectivity index (χ2n) is 4.76. The van der Waals surface area contributed by atoms with Gasteiger partial charge in [0.1, 0.15) is 5.16 Å². The molecule has 2 heterocycles. The quantitative estimate of drug-likeness (QED) is 0.439. The average molecular weight is 349 g/mol. The summed E-state index contributed by atoms with van der Waals surface area (Å²) in [6.07, 6.45) is 4.30. The summed E-state index contributed by atoms with van der Waals surface area (Å²) >= 11 is 8.55. The van der Waals surface area contributed by atoms with Crippen LogP contribution in [0.2, 0.25) is 0 Å². The second-order valence-corrected chi connectivity index (χ2v) is 5.93. The first-order valence-electron chi connectivity index (χ1n) is 5.70. The van der Waals surface area contributed by atoms with Gasteiger partial charge in [0.25, 0.3) is 0 Å². The molecule has 0 spiro atoms. The lowest BCUT2D eigenvalue weighted by Crippen LogP contribution is -2.23. The molecule has 0 radical (unpaired) electrons. The van der Waals surface area contributed by atoms with Crippen LogP contribution in [0.25, 0.3) is 0 Å². The maximum Gasteiger partial charge on any atom is 0.102 e. The van der Waals surface area contributed by atoms with E-state index < -0.39 is 0 Å². The van der Waals surface area contributed by atoms with E-state index in [0.29, 0.717) is 17.9 Å². The van der Waals surface area contributed by atoms with E-state index in [-0.39, 0.29) is 0 Å². The Labute approximate surface area is 114 Å². The van der Waals surface area contributed by atoms with Crippen LogP contribution >= 0.6 is 34.2 Å². The molecule has 3 unspecified atom stereocenters. The molecule has 1 aliphatic carbocycles. The molecular weight excluding hydrogens is 335 g/mol. The Bertz CT molecular complexity index is 425. The highest BCUT2D eigenvalue weighted by Crippen LogP contribution is 2.49. The summed E-state index contributed by atoms with van der Waals surface area (Å²) < 4.78 is 0.978. The number of nitrogens with zero attached hydrogens (tertiary/aromatic N) is 1. The Kier molecular flexibility index (Phi) is 2.78. The van der Waals surface area contributed by atoms with E-state index in [1.54, 1.807) is 0 Å². The summed E-state index contributed by atoms with van der Waals surface area (Å²) in [7, 11) is 0. The molecule has 16 heavy (non-hydrogen) atoms. The maximum atomic E-state index is 6.16. The van der Waals surface area contributed by atoms with E-state index >= 15 is 0 Å². The van der Waals surface area contributed by atoms with Crippen molar-refractivity contribution in [1.82, 2.24) is 5.32 Å². The van der Waals surface area contributed by atoms with E-state index in [9.17, 15) is 0 Å². The van der Waals surface area contributed by atoms with Crippen molar-refractivity contribution in [1.29, 1.82) is 0 Å². The summed E-state index contributed by atoms with van der Waals surface area (Å²) in [5.41, 5.74) is 4.08. The van der Waals surface area contributed by atoms with Crippen LogP contribution in [0.3, 0.4) is 0 Å². The van der Waals surface area contributed by atoms with Crippen LogP contribution < -0.4 is 5.32 Å². The van der Waals surface area contributed by atoms with Gasteiger partial charge in [-0.05, 0) is 24.5 Å². The number of hydrogen-bond acceptors (Lipinski definition) is 2. The molecule has 0 saturated heterocycles. The van der Waals surface area contributed by atoms with Crippen LogP contribution in [-0.4, -0.2) is 16.2 Å². The third kappa shape index (κ3) is 1.72. The molecule has 0 bridgehead atoms. The minimum atomic E-state index is 0.511. The monoisotopic (exact) mass is 348 g/mol. The van der Waals surface area contributed by atoms with Gasteiger partial charge in [-0.2, -0.15) is 0 Å². The number of hydrogen-bond donors (Lipinski definition) is 1. The Morgan fingerprint density at radius 3 is 3.19 bits per heavy atom. The molecule has 3 atom stereocenters. The molecule has 1 saturated carbocycles. The van der Waals surface area contributed by atoms with E-state index in [0.717, 1.165) is 16.0 Å². The minimum absolute atomic E-state index is 0.511. The summed E-state index contributed by atoms with van der Waals surface area (Å²) in [5.74, 6) is 1.20. The van der Waals surface area contributed by atoms with Gasteiger partial charge in [0.15, 0.2) is 0 Å². The van der Waals surface area contributed by atoms with E-state index in [2.05, 4.69) is 40.9 Å². The van der Waals surface area contributed by atoms with Gasteiger partial charge in [0.2, 0.25) is 0 Å². The fraction of sp³-hybridized carbons (Fsp3) is 0.583. The number of nitrogens with one attached hydrogen (secondary N) is 1. The second kappa shape index (κ2) is 4.02. The third-order valence-corrected chi connectivity index (χ3v) is 4.57. The Balaban J connectivity index is 2.05.